The maximum atomic E-state index is 5.85. The van der Waals surface area contributed by atoms with Gasteiger partial charge in [-0.15, -0.1) is 0 Å². The molecule has 0 radical (unpaired) electrons. The molecule has 1 heteroatoms. The summed E-state index contributed by atoms with van der Waals surface area (Å²) in [6.45, 7) is 2.06. The molecule has 0 atom stereocenters. The largest absolute Gasteiger partial charge is 0.457 e. The van der Waals surface area contributed by atoms with Crippen LogP contribution in [0.1, 0.15) is 5.56 Å². The fourth-order valence-electron chi connectivity index (χ4n) is 2.16. The van der Waals surface area contributed by atoms with Crippen LogP contribution in [0, 0.1) is 6.92 Å². The second-order valence-corrected chi connectivity index (χ2v) is 4.81. The van der Waals surface area contributed by atoms with Gasteiger partial charge >= 0.3 is 0 Å². The molecule has 0 aliphatic rings. The van der Waals surface area contributed by atoms with E-state index in [1.807, 2.05) is 48.5 Å². The van der Waals surface area contributed by atoms with E-state index in [-0.39, 0.29) is 0 Å². The molecule has 0 heterocycles. The fraction of sp³-hybridized carbons (Fsp3) is 0.0526. The third-order valence-corrected chi connectivity index (χ3v) is 3.19. The SMILES string of the molecule is Cc1cccc(Oc2ccc(-c3ccccc3)cc2)c1. The van der Waals surface area contributed by atoms with E-state index in [0.717, 1.165) is 11.5 Å². The number of hydrogen-bond acceptors (Lipinski definition) is 1. The van der Waals surface area contributed by atoms with E-state index in [1.54, 1.807) is 0 Å². The van der Waals surface area contributed by atoms with Gasteiger partial charge in [-0.1, -0.05) is 54.6 Å². The topological polar surface area (TPSA) is 9.23 Å². The summed E-state index contributed by atoms with van der Waals surface area (Å²) in [5, 5.41) is 0. The van der Waals surface area contributed by atoms with Crippen LogP contribution >= 0.6 is 0 Å². The number of rotatable bonds is 3. The monoisotopic (exact) mass is 260 g/mol. The molecule has 1 nitrogen and oxygen atoms in total. The first-order valence-corrected chi connectivity index (χ1v) is 6.71. The molecule has 3 aromatic rings. The van der Waals surface area contributed by atoms with Gasteiger partial charge in [0.05, 0.1) is 0 Å². The molecule has 0 aromatic heterocycles. The Hall–Kier alpha value is -2.54. The molecule has 0 aliphatic heterocycles. The van der Waals surface area contributed by atoms with Crippen LogP contribution in [0.25, 0.3) is 11.1 Å². The number of ether oxygens (including phenoxy) is 1. The van der Waals surface area contributed by atoms with E-state index in [1.165, 1.54) is 16.7 Å². The van der Waals surface area contributed by atoms with Crippen molar-refractivity contribution in [2.24, 2.45) is 0 Å². The van der Waals surface area contributed by atoms with Crippen LogP contribution in [-0.2, 0) is 0 Å². The molecule has 0 spiro atoms. The van der Waals surface area contributed by atoms with E-state index < -0.39 is 0 Å². The molecule has 0 aliphatic carbocycles. The van der Waals surface area contributed by atoms with Gasteiger partial charge in [0.25, 0.3) is 0 Å². The molecule has 0 saturated heterocycles. The van der Waals surface area contributed by atoms with E-state index in [4.69, 9.17) is 4.74 Å². The quantitative estimate of drug-likeness (QED) is 0.608. The normalized spacial score (nSPS) is 10.2. The van der Waals surface area contributed by atoms with Crippen LogP contribution in [0.2, 0.25) is 0 Å². The van der Waals surface area contributed by atoms with Crippen LogP contribution < -0.4 is 4.74 Å². The molecule has 0 saturated carbocycles. The van der Waals surface area contributed by atoms with Crippen LogP contribution in [0.5, 0.6) is 11.5 Å². The van der Waals surface area contributed by atoms with Crippen LogP contribution in [0.4, 0.5) is 0 Å². The van der Waals surface area contributed by atoms with Crippen molar-refractivity contribution in [1.29, 1.82) is 0 Å². The fourth-order valence-corrected chi connectivity index (χ4v) is 2.16. The van der Waals surface area contributed by atoms with Crippen molar-refractivity contribution >= 4 is 0 Å². The lowest BCUT2D eigenvalue weighted by molar-refractivity contribution is 0.482. The van der Waals surface area contributed by atoms with Gasteiger partial charge < -0.3 is 4.74 Å². The third-order valence-electron chi connectivity index (χ3n) is 3.19. The molecular formula is C19H16O. The molecule has 0 amide bonds. The highest BCUT2D eigenvalue weighted by Gasteiger charge is 2.00. The molecule has 98 valence electrons. The summed E-state index contributed by atoms with van der Waals surface area (Å²) in [6.07, 6.45) is 0. The van der Waals surface area contributed by atoms with E-state index in [9.17, 15) is 0 Å². The van der Waals surface area contributed by atoms with Crippen molar-refractivity contribution in [2.45, 2.75) is 6.92 Å². The summed E-state index contributed by atoms with van der Waals surface area (Å²) in [5.41, 5.74) is 3.61. The van der Waals surface area contributed by atoms with Crippen molar-refractivity contribution in [3.8, 4) is 22.6 Å². The van der Waals surface area contributed by atoms with E-state index >= 15 is 0 Å². The van der Waals surface area contributed by atoms with Gasteiger partial charge in [-0.2, -0.15) is 0 Å². The lowest BCUT2D eigenvalue weighted by Crippen LogP contribution is -1.85. The summed E-state index contributed by atoms with van der Waals surface area (Å²) in [7, 11) is 0. The summed E-state index contributed by atoms with van der Waals surface area (Å²) in [4.78, 5) is 0. The first-order valence-electron chi connectivity index (χ1n) is 6.71. The Labute approximate surface area is 119 Å². The van der Waals surface area contributed by atoms with Crippen molar-refractivity contribution in [1.82, 2.24) is 0 Å². The highest BCUT2D eigenvalue weighted by atomic mass is 16.5. The molecule has 20 heavy (non-hydrogen) atoms. The zero-order valence-corrected chi connectivity index (χ0v) is 11.4. The first-order chi connectivity index (χ1) is 9.81. The maximum Gasteiger partial charge on any atom is 0.127 e. The van der Waals surface area contributed by atoms with Crippen LogP contribution in [-0.4, -0.2) is 0 Å². The lowest BCUT2D eigenvalue weighted by atomic mass is 10.1. The Balaban J connectivity index is 1.80. The first kappa shape index (κ1) is 12.5. The van der Waals surface area contributed by atoms with E-state index in [0.29, 0.717) is 0 Å². The zero-order chi connectivity index (χ0) is 13.8. The Bertz CT molecular complexity index is 684. The van der Waals surface area contributed by atoms with Crippen molar-refractivity contribution in [3.05, 3.63) is 84.4 Å². The third kappa shape index (κ3) is 2.89. The molecule has 0 N–H and O–H groups in total. The average molecular weight is 260 g/mol. The summed E-state index contributed by atoms with van der Waals surface area (Å²) >= 11 is 0. The average Bonchev–Trinajstić information content (AvgIpc) is 2.49. The summed E-state index contributed by atoms with van der Waals surface area (Å²) < 4.78 is 5.85. The van der Waals surface area contributed by atoms with Gasteiger partial charge in [0.2, 0.25) is 0 Å². The van der Waals surface area contributed by atoms with Crippen LogP contribution in [0.15, 0.2) is 78.9 Å². The molecule has 0 fully saturated rings. The predicted molar refractivity (Wildman–Crippen MR) is 83.1 cm³/mol. The molecule has 3 aromatic carbocycles. The highest BCUT2D eigenvalue weighted by Crippen LogP contribution is 2.26. The minimum Gasteiger partial charge on any atom is -0.457 e. The number of aryl methyl sites for hydroxylation is 1. The van der Waals surface area contributed by atoms with Gasteiger partial charge in [0, 0.05) is 0 Å². The minimum atomic E-state index is 0.857. The smallest absolute Gasteiger partial charge is 0.127 e. The van der Waals surface area contributed by atoms with Gasteiger partial charge in [-0.3, -0.25) is 0 Å². The molecular weight excluding hydrogens is 244 g/mol. The Kier molecular flexibility index (Phi) is 3.51. The molecule has 0 bridgehead atoms. The Morgan fingerprint density at radius 2 is 1.30 bits per heavy atom. The maximum absolute atomic E-state index is 5.85. The summed E-state index contributed by atoms with van der Waals surface area (Å²) in [6, 6.07) is 26.6. The highest BCUT2D eigenvalue weighted by molar-refractivity contribution is 5.64. The van der Waals surface area contributed by atoms with Gasteiger partial charge in [0.1, 0.15) is 11.5 Å². The number of hydrogen-bond donors (Lipinski definition) is 0. The molecule has 3 rings (SSSR count). The van der Waals surface area contributed by atoms with Gasteiger partial charge in [0.15, 0.2) is 0 Å². The van der Waals surface area contributed by atoms with Crippen LogP contribution in [0.3, 0.4) is 0 Å². The van der Waals surface area contributed by atoms with Gasteiger partial charge in [-0.25, -0.2) is 0 Å². The zero-order valence-electron chi connectivity index (χ0n) is 11.4. The standard InChI is InChI=1S/C19H16O/c1-15-6-5-9-19(14-15)20-18-12-10-17(11-13-18)16-7-3-2-4-8-16/h2-14H,1H3. The Morgan fingerprint density at radius 3 is 2.00 bits per heavy atom. The second kappa shape index (κ2) is 5.62. The van der Waals surface area contributed by atoms with E-state index in [2.05, 4.69) is 37.3 Å². The predicted octanol–water partition coefficient (Wildman–Crippen LogP) is 5.45. The van der Waals surface area contributed by atoms with Gasteiger partial charge in [-0.05, 0) is 47.9 Å². The second-order valence-electron chi connectivity index (χ2n) is 4.81. The Morgan fingerprint density at radius 1 is 0.600 bits per heavy atom. The van der Waals surface area contributed by atoms with Crippen molar-refractivity contribution in [2.75, 3.05) is 0 Å². The van der Waals surface area contributed by atoms with Crippen molar-refractivity contribution in [3.63, 3.8) is 0 Å². The number of benzene rings is 3. The lowest BCUT2D eigenvalue weighted by Gasteiger charge is -2.07. The summed E-state index contributed by atoms with van der Waals surface area (Å²) in [5.74, 6) is 1.73. The molecule has 0 unspecified atom stereocenters. The van der Waals surface area contributed by atoms with Crippen molar-refractivity contribution < 1.29 is 4.74 Å². The minimum absolute atomic E-state index is 0.857.